The lowest BCUT2D eigenvalue weighted by molar-refractivity contribution is 0.0182. The molecule has 5 heteroatoms. The fourth-order valence-electron chi connectivity index (χ4n) is 2.02. The van der Waals surface area contributed by atoms with Gasteiger partial charge in [0.2, 0.25) is 6.08 Å². The normalized spacial score (nSPS) is 17.2. The monoisotopic (exact) mass is 254 g/mol. The number of aliphatic imine (C=N–C) groups is 1. The van der Waals surface area contributed by atoms with E-state index in [0.717, 1.165) is 32.4 Å². The van der Waals surface area contributed by atoms with Crippen LogP contribution in [-0.4, -0.2) is 42.3 Å². The Hall–Kier alpha value is -1.35. The molecule has 0 N–H and O–H groups in total. The molecule has 1 fully saturated rings. The summed E-state index contributed by atoms with van der Waals surface area (Å²) < 4.78 is 5.33. The minimum atomic E-state index is -0.438. The van der Waals surface area contributed by atoms with Crippen molar-refractivity contribution in [3.8, 4) is 0 Å². The molecule has 5 nitrogen and oxygen atoms in total. The zero-order valence-electron chi connectivity index (χ0n) is 11.4. The number of hydrogen-bond donors (Lipinski definition) is 0. The van der Waals surface area contributed by atoms with Crippen molar-refractivity contribution in [3.05, 3.63) is 0 Å². The lowest BCUT2D eigenvalue weighted by Gasteiger charge is -2.33. The van der Waals surface area contributed by atoms with Crippen molar-refractivity contribution in [2.75, 3.05) is 19.6 Å². The third kappa shape index (κ3) is 5.32. The molecule has 0 atom stereocenters. The second-order valence-corrected chi connectivity index (χ2v) is 5.67. The summed E-state index contributed by atoms with van der Waals surface area (Å²) in [6, 6.07) is 0. The van der Waals surface area contributed by atoms with E-state index >= 15 is 0 Å². The van der Waals surface area contributed by atoms with E-state index in [2.05, 4.69) is 4.99 Å². The highest BCUT2D eigenvalue weighted by Gasteiger charge is 2.26. The predicted molar refractivity (Wildman–Crippen MR) is 68.1 cm³/mol. The number of ether oxygens (including phenoxy) is 1. The van der Waals surface area contributed by atoms with Gasteiger partial charge < -0.3 is 9.64 Å². The maximum Gasteiger partial charge on any atom is 0.410 e. The molecule has 18 heavy (non-hydrogen) atoms. The molecule has 1 aliphatic rings. The minimum Gasteiger partial charge on any atom is -0.444 e. The van der Waals surface area contributed by atoms with Crippen LogP contribution < -0.4 is 0 Å². The second-order valence-electron chi connectivity index (χ2n) is 5.67. The number of isocyanates is 1. The van der Waals surface area contributed by atoms with E-state index in [4.69, 9.17) is 4.74 Å². The number of nitrogens with zero attached hydrogens (tertiary/aromatic N) is 2. The standard InChI is InChI=1S/C13H22N2O3/c1-13(2,3)18-12(17)15-8-5-11(6-9-15)4-7-14-10-16/h11H,4-9H2,1-3H3. The van der Waals surface area contributed by atoms with Gasteiger partial charge in [-0.2, -0.15) is 0 Å². The molecular weight excluding hydrogens is 232 g/mol. The minimum absolute atomic E-state index is 0.230. The Bertz CT molecular complexity index is 322. The highest BCUT2D eigenvalue weighted by atomic mass is 16.6. The third-order valence-electron chi connectivity index (χ3n) is 2.98. The summed E-state index contributed by atoms with van der Waals surface area (Å²) in [5.41, 5.74) is -0.438. The Morgan fingerprint density at radius 2 is 2.00 bits per heavy atom. The van der Waals surface area contributed by atoms with E-state index in [1.807, 2.05) is 20.8 Å². The molecule has 0 saturated carbocycles. The van der Waals surface area contributed by atoms with E-state index in [9.17, 15) is 9.59 Å². The number of likely N-dealkylation sites (tertiary alicyclic amines) is 1. The number of hydrogen-bond acceptors (Lipinski definition) is 4. The quantitative estimate of drug-likeness (QED) is 0.574. The predicted octanol–water partition coefficient (Wildman–Crippen LogP) is 2.36. The Kier molecular flexibility index (Phi) is 5.35. The average Bonchev–Trinajstić information content (AvgIpc) is 2.28. The highest BCUT2D eigenvalue weighted by Crippen LogP contribution is 2.22. The van der Waals surface area contributed by atoms with E-state index in [1.54, 1.807) is 11.0 Å². The summed E-state index contributed by atoms with van der Waals surface area (Å²) in [5, 5.41) is 0. The van der Waals surface area contributed by atoms with Gasteiger partial charge in [0.1, 0.15) is 5.60 Å². The van der Waals surface area contributed by atoms with Crippen molar-refractivity contribution in [1.29, 1.82) is 0 Å². The fraction of sp³-hybridized carbons (Fsp3) is 0.846. The molecule has 0 aromatic heterocycles. The van der Waals surface area contributed by atoms with Gasteiger partial charge in [-0.25, -0.2) is 14.6 Å². The van der Waals surface area contributed by atoms with Crippen molar-refractivity contribution in [3.63, 3.8) is 0 Å². The summed E-state index contributed by atoms with van der Waals surface area (Å²) in [7, 11) is 0. The third-order valence-corrected chi connectivity index (χ3v) is 2.98. The van der Waals surface area contributed by atoms with Gasteiger partial charge >= 0.3 is 6.09 Å². The Balaban J connectivity index is 2.30. The van der Waals surface area contributed by atoms with Crippen LogP contribution in [0.25, 0.3) is 0 Å². The largest absolute Gasteiger partial charge is 0.444 e. The molecule has 102 valence electrons. The summed E-state index contributed by atoms with van der Waals surface area (Å²) in [6.45, 7) is 7.61. The zero-order valence-corrected chi connectivity index (χ0v) is 11.4. The van der Waals surface area contributed by atoms with Gasteiger partial charge in [0.15, 0.2) is 0 Å². The van der Waals surface area contributed by atoms with Gasteiger partial charge in [-0.3, -0.25) is 0 Å². The summed E-state index contributed by atoms with van der Waals surface area (Å²) in [6.07, 6.45) is 4.12. The van der Waals surface area contributed by atoms with Crippen molar-refractivity contribution in [2.24, 2.45) is 10.9 Å². The van der Waals surface area contributed by atoms with E-state index in [-0.39, 0.29) is 6.09 Å². The average molecular weight is 254 g/mol. The molecule has 0 aliphatic carbocycles. The molecule has 1 heterocycles. The van der Waals surface area contributed by atoms with Crippen molar-refractivity contribution in [2.45, 2.75) is 45.6 Å². The van der Waals surface area contributed by atoms with Crippen LogP contribution in [0.1, 0.15) is 40.0 Å². The first-order chi connectivity index (χ1) is 8.42. The fourth-order valence-corrected chi connectivity index (χ4v) is 2.02. The number of rotatable bonds is 3. The number of amides is 1. The van der Waals surface area contributed by atoms with E-state index in [1.165, 1.54) is 0 Å². The van der Waals surface area contributed by atoms with Gasteiger partial charge in [0.05, 0.1) is 6.54 Å². The van der Waals surface area contributed by atoms with Gasteiger partial charge in [-0.05, 0) is 46.0 Å². The lowest BCUT2D eigenvalue weighted by atomic mass is 9.94. The number of carbonyl (C=O) groups is 1. The van der Waals surface area contributed by atoms with Gasteiger partial charge in [0.25, 0.3) is 0 Å². The van der Waals surface area contributed by atoms with E-state index in [0.29, 0.717) is 12.5 Å². The molecule has 1 aliphatic heterocycles. The van der Waals surface area contributed by atoms with Crippen LogP contribution >= 0.6 is 0 Å². The molecule has 1 amide bonds. The van der Waals surface area contributed by atoms with E-state index < -0.39 is 5.60 Å². The second kappa shape index (κ2) is 6.55. The van der Waals surface area contributed by atoms with Gasteiger partial charge in [0, 0.05) is 13.1 Å². The van der Waals surface area contributed by atoms with Crippen LogP contribution in [0.2, 0.25) is 0 Å². The van der Waals surface area contributed by atoms with Crippen molar-refractivity contribution < 1.29 is 14.3 Å². The maximum atomic E-state index is 11.8. The molecule has 0 aromatic rings. The van der Waals surface area contributed by atoms with Crippen LogP contribution in [0, 0.1) is 5.92 Å². The molecule has 0 aromatic carbocycles. The van der Waals surface area contributed by atoms with Gasteiger partial charge in [-0.15, -0.1) is 0 Å². The smallest absolute Gasteiger partial charge is 0.410 e. The van der Waals surface area contributed by atoms with Crippen LogP contribution in [0.4, 0.5) is 4.79 Å². The van der Waals surface area contributed by atoms with Gasteiger partial charge in [-0.1, -0.05) is 0 Å². The SMILES string of the molecule is CC(C)(C)OC(=O)N1CCC(CCN=C=O)CC1. The molecule has 0 unspecified atom stereocenters. The first-order valence-electron chi connectivity index (χ1n) is 6.44. The summed E-state index contributed by atoms with van der Waals surface area (Å²) in [4.78, 5) is 27.1. The molecular formula is C13H22N2O3. The Morgan fingerprint density at radius 3 is 2.50 bits per heavy atom. The number of carbonyl (C=O) groups excluding carboxylic acids is 2. The summed E-state index contributed by atoms with van der Waals surface area (Å²) in [5.74, 6) is 0.542. The zero-order chi connectivity index (χ0) is 13.6. The topological polar surface area (TPSA) is 59.0 Å². The highest BCUT2D eigenvalue weighted by molar-refractivity contribution is 5.68. The van der Waals surface area contributed by atoms with Crippen LogP contribution in [-0.2, 0) is 9.53 Å². The summed E-state index contributed by atoms with van der Waals surface area (Å²) >= 11 is 0. The maximum absolute atomic E-state index is 11.8. The van der Waals surface area contributed by atoms with Crippen molar-refractivity contribution >= 4 is 12.2 Å². The van der Waals surface area contributed by atoms with Crippen LogP contribution in [0.15, 0.2) is 4.99 Å². The van der Waals surface area contributed by atoms with Crippen LogP contribution in [0.3, 0.4) is 0 Å². The van der Waals surface area contributed by atoms with Crippen LogP contribution in [0.5, 0.6) is 0 Å². The number of piperidine rings is 1. The Morgan fingerprint density at radius 1 is 1.39 bits per heavy atom. The Labute approximate surface area is 108 Å². The molecule has 1 rings (SSSR count). The van der Waals surface area contributed by atoms with Crippen molar-refractivity contribution in [1.82, 2.24) is 4.90 Å². The first kappa shape index (κ1) is 14.7. The molecule has 0 spiro atoms. The molecule has 1 saturated heterocycles. The first-order valence-corrected chi connectivity index (χ1v) is 6.44. The molecule has 0 radical (unpaired) electrons. The lowest BCUT2D eigenvalue weighted by Crippen LogP contribution is -2.41. The molecule has 0 bridgehead atoms.